The van der Waals surface area contributed by atoms with E-state index in [1.165, 1.54) is 18.3 Å². The summed E-state index contributed by atoms with van der Waals surface area (Å²) in [7, 11) is 0. The number of carboxylic acids is 1. The number of halogens is 2. The highest BCUT2D eigenvalue weighted by atomic mass is 35.5. The van der Waals surface area contributed by atoms with Crippen molar-refractivity contribution in [2.24, 2.45) is 0 Å². The van der Waals surface area contributed by atoms with Crippen LogP contribution in [0.5, 0.6) is 0 Å². The minimum atomic E-state index is -1.16. The third-order valence-electron chi connectivity index (χ3n) is 2.02. The minimum absolute atomic E-state index is 0.0408. The monoisotopic (exact) mass is 225 g/mol. The molecule has 0 aliphatic heterocycles. The maximum absolute atomic E-state index is 13.4. The van der Waals surface area contributed by atoms with E-state index in [0.29, 0.717) is 0 Å². The van der Waals surface area contributed by atoms with Crippen LogP contribution < -0.4 is 0 Å². The molecule has 76 valence electrons. The SMILES string of the molecule is O=C(O)c1ccc(F)c2c(Cl)ccnc12. The Kier molecular flexibility index (Phi) is 2.28. The van der Waals surface area contributed by atoms with Crippen LogP contribution >= 0.6 is 11.6 Å². The molecule has 0 radical (unpaired) electrons. The Hall–Kier alpha value is -1.68. The van der Waals surface area contributed by atoms with Gasteiger partial charge in [0.05, 0.1) is 21.5 Å². The Morgan fingerprint density at radius 2 is 2.13 bits per heavy atom. The molecule has 1 aromatic heterocycles. The zero-order valence-corrected chi connectivity index (χ0v) is 8.12. The number of carbonyl (C=O) groups is 1. The summed E-state index contributed by atoms with van der Waals surface area (Å²) in [6.07, 6.45) is 1.34. The van der Waals surface area contributed by atoms with Gasteiger partial charge in [-0.15, -0.1) is 0 Å². The van der Waals surface area contributed by atoms with Crippen molar-refractivity contribution in [1.82, 2.24) is 4.98 Å². The number of aromatic nitrogens is 1. The molecule has 3 nitrogen and oxygen atoms in total. The molecular weight excluding hydrogens is 221 g/mol. The fraction of sp³-hybridized carbons (Fsp3) is 0. The lowest BCUT2D eigenvalue weighted by molar-refractivity contribution is 0.0699. The predicted octanol–water partition coefficient (Wildman–Crippen LogP) is 2.73. The molecule has 0 aliphatic rings. The summed E-state index contributed by atoms with van der Waals surface area (Å²) in [6, 6.07) is 3.65. The van der Waals surface area contributed by atoms with Gasteiger partial charge in [0.2, 0.25) is 0 Å². The van der Waals surface area contributed by atoms with Crippen LogP contribution in [-0.4, -0.2) is 16.1 Å². The molecule has 0 unspecified atom stereocenters. The molecule has 1 heterocycles. The van der Waals surface area contributed by atoms with Gasteiger partial charge in [-0.25, -0.2) is 9.18 Å². The second kappa shape index (κ2) is 3.47. The molecule has 0 saturated carbocycles. The Morgan fingerprint density at radius 3 is 2.80 bits per heavy atom. The van der Waals surface area contributed by atoms with Crippen molar-refractivity contribution in [2.75, 3.05) is 0 Å². The lowest BCUT2D eigenvalue weighted by atomic mass is 10.1. The molecule has 0 amide bonds. The van der Waals surface area contributed by atoms with E-state index in [4.69, 9.17) is 16.7 Å². The number of carboxylic acid groups (broad SMARTS) is 1. The van der Waals surface area contributed by atoms with Gasteiger partial charge >= 0.3 is 5.97 Å². The van der Waals surface area contributed by atoms with E-state index >= 15 is 0 Å². The van der Waals surface area contributed by atoms with Crippen LogP contribution in [0, 0.1) is 5.82 Å². The van der Waals surface area contributed by atoms with E-state index in [-0.39, 0.29) is 21.5 Å². The zero-order chi connectivity index (χ0) is 11.0. The van der Waals surface area contributed by atoms with Crippen molar-refractivity contribution in [3.63, 3.8) is 0 Å². The molecule has 0 atom stereocenters. The zero-order valence-electron chi connectivity index (χ0n) is 7.37. The van der Waals surface area contributed by atoms with Gasteiger partial charge in [0.1, 0.15) is 5.82 Å². The largest absolute Gasteiger partial charge is 0.478 e. The summed E-state index contributed by atoms with van der Waals surface area (Å²) >= 11 is 5.77. The summed E-state index contributed by atoms with van der Waals surface area (Å²) in [5.74, 6) is -1.73. The van der Waals surface area contributed by atoms with Crippen LogP contribution in [0.15, 0.2) is 24.4 Å². The van der Waals surface area contributed by atoms with Crippen molar-refractivity contribution in [1.29, 1.82) is 0 Å². The Bertz CT molecular complexity index is 548. The average Bonchev–Trinajstić information content (AvgIpc) is 2.17. The van der Waals surface area contributed by atoms with E-state index < -0.39 is 11.8 Å². The molecular formula is C10H5ClFNO2. The summed E-state index contributed by atoms with van der Waals surface area (Å²) < 4.78 is 13.4. The molecule has 0 fully saturated rings. The first-order valence-corrected chi connectivity index (χ1v) is 4.45. The van der Waals surface area contributed by atoms with Crippen LogP contribution in [0.1, 0.15) is 10.4 Å². The Labute approximate surface area is 89.1 Å². The highest BCUT2D eigenvalue weighted by molar-refractivity contribution is 6.35. The van der Waals surface area contributed by atoms with Crippen molar-refractivity contribution >= 4 is 28.5 Å². The van der Waals surface area contributed by atoms with Gasteiger partial charge in [-0.3, -0.25) is 4.98 Å². The normalized spacial score (nSPS) is 10.5. The van der Waals surface area contributed by atoms with Crippen LogP contribution in [0.25, 0.3) is 10.9 Å². The van der Waals surface area contributed by atoms with Gasteiger partial charge in [-0.05, 0) is 18.2 Å². The minimum Gasteiger partial charge on any atom is -0.478 e. The highest BCUT2D eigenvalue weighted by Crippen LogP contribution is 2.26. The number of hydrogen-bond acceptors (Lipinski definition) is 2. The molecule has 5 heteroatoms. The molecule has 2 aromatic rings. The third kappa shape index (κ3) is 1.53. The van der Waals surface area contributed by atoms with Gasteiger partial charge < -0.3 is 5.11 Å². The molecule has 2 rings (SSSR count). The fourth-order valence-corrected chi connectivity index (χ4v) is 1.60. The summed E-state index contributed by atoms with van der Waals surface area (Å²) in [4.78, 5) is 14.7. The lowest BCUT2D eigenvalue weighted by Crippen LogP contribution is -2.00. The highest BCUT2D eigenvalue weighted by Gasteiger charge is 2.14. The van der Waals surface area contributed by atoms with Crippen LogP contribution in [0.2, 0.25) is 5.02 Å². The van der Waals surface area contributed by atoms with E-state index in [1.807, 2.05) is 0 Å². The number of rotatable bonds is 1. The molecule has 0 aliphatic carbocycles. The van der Waals surface area contributed by atoms with Crippen molar-refractivity contribution in [3.8, 4) is 0 Å². The quantitative estimate of drug-likeness (QED) is 0.812. The van der Waals surface area contributed by atoms with Crippen molar-refractivity contribution in [3.05, 3.63) is 40.8 Å². The third-order valence-corrected chi connectivity index (χ3v) is 2.34. The van der Waals surface area contributed by atoms with Gasteiger partial charge in [0.25, 0.3) is 0 Å². The van der Waals surface area contributed by atoms with Crippen molar-refractivity contribution in [2.45, 2.75) is 0 Å². The standard InChI is InChI=1S/C10H5ClFNO2/c11-6-3-4-13-9-5(10(14)15)1-2-7(12)8(6)9/h1-4H,(H,14,15). The van der Waals surface area contributed by atoms with Crippen LogP contribution in [0.3, 0.4) is 0 Å². The van der Waals surface area contributed by atoms with E-state index in [1.54, 1.807) is 0 Å². The summed E-state index contributed by atoms with van der Waals surface area (Å²) in [6.45, 7) is 0. The first-order valence-electron chi connectivity index (χ1n) is 4.07. The summed E-state index contributed by atoms with van der Waals surface area (Å²) in [5, 5.41) is 9.05. The number of hydrogen-bond donors (Lipinski definition) is 1. The number of benzene rings is 1. The van der Waals surface area contributed by atoms with Crippen LogP contribution in [0.4, 0.5) is 4.39 Å². The van der Waals surface area contributed by atoms with Gasteiger partial charge in [0.15, 0.2) is 0 Å². The Balaban J connectivity index is 2.95. The second-order valence-corrected chi connectivity index (χ2v) is 3.32. The predicted molar refractivity (Wildman–Crippen MR) is 53.7 cm³/mol. The number of nitrogens with zero attached hydrogens (tertiary/aromatic N) is 1. The lowest BCUT2D eigenvalue weighted by Gasteiger charge is -2.03. The first-order chi connectivity index (χ1) is 7.11. The van der Waals surface area contributed by atoms with Gasteiger partial charge in [-0.2, -0.15) is 0 Å². The Morgan fingerprint density at radius 1 is 1.40 bits per heavy atom. The van der Waals surface area contributed by atoms with Crippen molar-refractivity contribution < 1.29 is 14.3 Å². The average molecular weight is 226 g/mol. The smallest absolute Gasteiger partial charge is 0.337 e. The maximum atomic E-state index is 13.4. The van der Waals surface area contributed by atoms with E-state index in [2.05, 4.69) is 4.98 Å². The van der Waals surface area contributed by atoms with Crippen LogP contribution in [-0.2, 0) is 0 Å². The molecule has 15 heavy (non-hydrogen) atoms. The first kappa shape index (κ1) is 9.86. The second-order valence-electron chi connectivity index (χ2n) is 2.92. The molecule has 0 bridgehead atoms. The number of fused-ring (bicyclic) bond motifs is 1. The maximum Gasteiger partial charge on any atom is 0.337 e. The van der Waals surface area contributed by atoms with E-state index in [9.17, 15) is 9.18 Å². The molecule has 0 spiro atoms. The van der Waals surface area contributed by atoms with Gasteiger partial charge in [-0.1, -0.05) is 11.6 Å². The molecule has 1 aromatic carbocycles. The van der Waals surface area contributed by atoms with E-state index in [0.717, 1.165) is 6.07 Å². The summed E-state index contributed by atoms with van der Waals surface area (Å²) in [5.41, 5.74) is 0.00361. The number of aromatic carboxylic acids is 1. The van der Waals surface area contributed by atoms with Gasteiger partial charge in [0, 0.05) is 6.20 Å². The molecule has 0 saturated heterocycles. The fourth-order valence-electron chi connectivity index (χ4n) is 1.36. The topological polar surface area (TPSA) is 50.2 Å². The molecule has 1 N–H and O–H groups in total. The number of pyridine rings is 1.